The van der Waals surface area contributed by atoms with Gasteiger partial charge in [-0.3, -0.25) is 0 Å². The topological polar surface area (TPSA) is 0 Å². The molecule has 0 radical (unpaired) electrons. The monoisotopic (exact) mass is 234 g/mol. The summed E-state index contributed by atoms with van der Waals surface area (Å²) >= 11 is 0. The molecule has 16 heavy (non-hydrogen) atoms. The van der Waals surface area contributed by atoms with Gasteiger partial charge in [-0.15, -0.1) is 6.58 Å². The Labute approximate surface area is 102 Å². The number of allylic oxidation sites excluding steroid dienone is 5. The predicted octanol–water partition coefficient (Wildman–Crippen LogP) is 5.11. The first kappa shape index (κ1) is 13.5. The summed E-state index contributed by atoms with van der Waals surface area (Å²) in [6.07, 6.45) is 3.23. The van der Waals surface area contributed by atoms with Crippen molar-refractivity contribution in [1.82, 2.24) is 0 Å². The Hall–Kier alpha value is -0.563. The Bertz CT molecular complexity index is 356. The van der Waals surface area contributed by atoms with Crippen LogP contribution in [0.3, 0.4) is 0 Å². The van der Waals surface area contributed by atoms with Crippen molar-refractivity contribution >= 4 is 8.07 Å². The molecule has 0 spiro atoms. The van der Waals surface area contributed by atoms with Crippen LogP contribution in [0, 0.1) is 5.92 Å². The summed E-state index contributed by atoms with van der Waals surface area (Å²) in [4.78, 5) is 0. The lowest BCUT2D eigenvalue weighted by Crippen LogP contribution is -2.32. The molecule has 0 bridgehead atoms. The summed E-state index contributed by atoms with van der Waals surface area (Å²) < 4.78 is 0. The Morgan fingerprint density at radius 3 is 2.12 bits per heavy atom. The number of hydrogen-bond donors (Lipinski definition) is 0. The Kier molecular flexibility index (Phi) is 4.00. The van der Waals surface area contributed by atoms with Crippen LogP contribution in [0.1, 0.15) is 34.1 Å². The highest BCUT2D eigenvalue weighted by Gasteiger charge is 2.35. The Morgan fingerprint density at radius 1 is 1.19 bits per heavy atom. The van der Waals surface area contributed by atoms with Crippen molar-refractivity contribution in [3.8, 4) is 0 Å². The zero-order chi connectivity index (χ0) is 12.5. The lowest BCUT2D eigenvalue weighted by molar-refractivity contribution is 0.843. The van der Waals surface area contributed by atoms with E-state index >= 15 is 0 Å². The van der Waals surface area contributed by atoms with Crippen LogP contribution in [-0.4, -0.2) is 8.07 Å². The normalized spacial score (nSPS) is 22.0. The van der Waals surface area contributed by atoms with Crippen LogP contribution < -0.4 is 0 Å². The van der Waals surface area contributed by atoms with Gasteiger partial charge in [0, 0.05) is 0 Å². The first-order valence-electron chi connectivity index (χ1n) is 6.32. The molecule has 1 heteroatoms. The van der Waals surface area contributed by atoms with E-state index in [2.05, 4.69) is 53.4 Å². The maximum atomic E-state index is 3.85. The van der Waals surface area contributed by atoms with Gasteiger partial charge < -0.3 is 0 Å². The van der Waals surface area contributed by atoms with Gasteiger partial charge >= 0.3 is 0 Å². The SMILES string of the molecule is C=CCC[Si](C)(C)C1=C(C)C(C)=C(C)C1C. The fraction of sp³-hybridized carbons (Fsp3) is 0.600. The molecule has 0 fully saturated rings. The molecule has 1 aliphatic carbocycles. The molecule has 0 saturated heterocycles. The summed E-state index contributed by atoms with van der Waals surface area (Å²) in [6.45, 7) is 18.2. The van der Waals surface area contributed by atoms with Gasteiger partial charge in [0.05, 0.1) is 8.07 Å². The van der Waals surface area contributed by atoms with Crippen LogP contribution >= 0.6 is 0 Å². The zero-order valence-electron chi connectivity index (χ0n) is 11.8. The summed E-state index contributed by atoms with van der Waals surface area (Å²) in [5.41, 5.74) is 4.72. The number of hydrogen-bond acceptors (Lipinski definition) is 0. The second kappa shape index (κ2) is 4.75. The lowest BCUT2D eigenvalue weighted by atomic mass is 10.1. The molecule has 0 saturated carbocycles. The van der Waals surface area contributed by atoms with E-state index in [4.69, 9.17) is 0 Å². The highest BCUT2D eigenvalue weighted by molar-refractivity contribution is 6.84. The standard InChI is InChI=1S/C15H26Si/c1-8-9-10-16(6,7)15-13(4)11(2)12(3)14(15)5/h8,13H,1,9-10H2,2-7H3. The second-order valence-corrected chi connectivity index (χ2v) is 10.6. The van der Waals surface area contributed by atoms with E-state index in [1.165, 1.54) is 12.5 Å². The van der Waals surface area contributed by atoms with Crippen molar-refractivity contribution in [1.29, 1.82) is 0 Å². The van der Waals surface area contributed by atoms with Gasteiger partial charge in [0.25, 0.3) is 0 Å². The molecule has 1 rings (SSSR count). The van der Waals surface area contributed by atoms with Crippen LogP contribution in [0.2, 0.25) is 19.1 Å². The summed E-state index contributed by atoms with van der Waals surface area (Å²) in [7, 11) is -1.23. The minimum absolute atomic E-state index is 0.687. The summed E-state index contributed by atoms with van der Waals surface area (Å²) in [5.74, 6) is 0.687. The molecule has 0 aliphatic heterocycles. The van der Waals surface area contributed by atoms with Crippen molar-refractivity contribution in [3.63, 3.8) is 0 Å². The first-order valence-corrected chi connectivity index (χ1v) is 9.53. The third-order valence-electron chi connectivity index (χ3n) is 4.34. The fourth-order valence-electron chi connectivity index (χ4n) is 3.06. The smallest absolute Gasteiger partial charge is 0.0769 e. The Balaban J connectivity index is 3.03. The molecule has 0 aromatic heterocycles. The van der Waals surface area contributed by atoms with Crippen LogP contribution in [-0.2, 0) is 0 Å². The predicted molar refractivity (Wildman–Crippen MR) is 77.3 cm³/mol. The van der Waals surface area contributed by atoms with E-state index in [-0.39, 0.29) is 0 Å². The van der Waals surface area contributed by atoms with Crippen LogP contribution in [0.15, 0.2) is 34.6 Å². The van der Waals surface area contributed by atoms with E-state index in [0.717, 1.165) is 0 Å². The minimum Gasteiger partial charge on any atom is -0.103 e. The molecule has 1 atom stereocenters. The molecule has 1 aliphatic rings. The van der Waals surface area contributed by atoms with Gasteiger partial charge in [-0.05, 0) is 38.7 Å². The van der Waals surface area contributed by atoms with Crippen molar-refractivity contribution in [3.05, 3.63) is 34.6 Å². The highest BCUT2D eigenvalue weighted by atomic mass is 28.3. The average Bonchev–Trinajstić information content (AvgIpc) is 2.41. The average molecular weight is 234 g/mol. The Morgan fingerprint density at radius 2 is 1.75 bits per heavy atom. The van der Waals surface area contributed by atoms with Crippen LogP contribution in [0.4, 0.5) is 0 Å². The van der Waals surface area contributed by atoms with Crippen LogP contribution in [0.25, 0.3) is 0 Å². The van der Waals surface area contributed by atoms with Crippen molar-refractivity contribution < 1.29 is 0 Å². The third-order valence-corrected chi connectivity index (χ3v) is 8.15. The van der Waals surface area contributed by atoms with E-state index in [9.17, 15) is 0 Å². The van der Waals surface area contributed by atoms with E-state index in [1.807, 2.05) is 0 Å². The molecule has 0 aromatic rings. The van der Waals surface area contributed by atoms with E-state index in [0.29, 0.717) is 5.92 Å². The molecule has 0 aromatic carbocycles. The molecular weight excluding hydrogens is 208 g/mol. The summed E-state index contributed by atoms with van der Waals surface area (Å²) in [5, 5.41) is 1.78. The first-order chi connectivity index (χ1) is 7.33. The molecule has 0 nitrogen and oxygen atoms in total. The largest absolute Gasteiger partial charge is 0.103 e. The van der Waals surface area contributed by atoms with Crippen molar-refractivity contribution in [2.24, 2.45) is 5.92 Å². The maximum absolute atomic E-state index is 3.85. The zero-order valence-corrected chi connectivity index (χ0v) is 12.8. The lowest BCUT2D eigenvalue weighted by Gasteiger charge is -2.29. The van der Waals surface area contributed by atoms with Gasteiger partial charge in [-0.1, -0.05) is 48.5 Å². The van der Waals surface area contributed by atoms with Gasteiger partial charge in [0.1, 0.15) is 0 Å². The van der Waals surface area contributed by atoms with E-state index < -0.39 is 8.07 Å². The van der Waals surface area contributed by atoms with Gasteiger partial charge in [0.2, 0.25) is 0 Å². The fourth-order valence-corrected chi connectivity index (χ4v) is 6.84. The molecule has 0 N–H and O–H groups in total. The van der Waals surface area contributed by atoms with Crippen molar-refractivity contribution in [2.75, 3.05) is 0 Å². The third kappa shape index (κ3) is 2.24. The van der Waals surface area contributed by atoms with Gasteiger partial charge in [-0.25, -0.2) is 0 Å². The minimum atomic E-state index is -1.23. The van der Waals surface area contributed by atoms with Gasteiger partial charge in [-0.2, -0.15) is 0 Å². The maximum Gasteiger partial charge on any atom is 0.0769 e. The van der Waals surface area contributed by atoms with Gasteiger partial charge in [0.15, 0.2) is 0 Å². The molecule has 90 valence electrons. The van der Waals surface area contributed by atoms with E-state index in [1.54, 1.807) is 21.9 Å². The summed E-state index contributed by atoms with van der Waals surface area (Å²) in [6, 6.07) is 1.34. The molecule has 0 heterocycles. The van der Waals surface area contributed by atoms with Crippen molar-refractivity contribution in [2.45, 2.75) is 53.3 Å². The molecule has 0 amide bonds. The molecule has 1 unspecified atom stereocenters. The quantitative estimate of drug-likeness (QED) is 0.468. The van der Waals surface area contributed by atoms with Crippen LogP contribution in [0.5, 0.6) is 0 Å². The molecular formula is C15H26Si. The number of rotatable bonds is 4. The second-order valence-electron chi connectivity index (χ2n) is 5.78. The highest BCUT2D eigenvalue weighted by Crippen LogP contribution is 2.42.